The van der Waals surface area contributed by atoms with Gasteiger partial charge in [-0.1, -0.05) is 19.3 Å². The van der Waals surface area contributed by atoms with Gasteiger partial charge in [-0.2, -0.15) is 0 Å². The Labute approximate surface area is 112 Å². The van der Waals surface area contributed by atoms with Crippen LogP contribution in [0.5, 0.6) is 0 Å². The summed E-state index contributed by atoms with van der Waals surface area (Å²) in [6, 6.07) is -0.501. The molecule has 0 unspecified atom stereocenters. The Balaban J connectivity index is 1.99. The highest BCUT2D eigenvalue weighted by Crippen LogP contribution is 2.26. The molecule has 102 valence electrons. The topological polar surface area (TPSA) is 60.9 Å². The Morgan fingerprint density at radius 1 is 1.28 bits per heavy atom. The lowest BCUT2D eigenvalue weighted by Gasteiger charge is -2.34. The first-order valence-corrected chi connectivity index (χ1v) is 7.60. The van der Waals surface area contributed by atoms with Gasteiger partial charge in [-0.15, -0.1) is 11.8 Å². The van der Waals surface area contributed by atoms with Crippen molar-refractivity contribution in [3.05, 3.63) is 0 Å². The fourth-order valence-electron chi connectivity index (χ4n) is 2.66. The van der Waals surface area contributed by atoms with Crippen LogP contribution in [0, 0.1) is 0 Å². The van der Waals surface area contributed by atoms with Gasteiger partial charge in [0, 0.05) is 18.8 Å². The minimum Gasteiger partial charge on any atom is -0.480 e. The molecule has 2 rings (SSSR count). The molecule has 1 N–H and O–H groups in total. The molecule has 18 heavy (non-hydrogen) atoms. The lowest BCUT2D eigenvalue weighted by atomic mass is 9.95. The number of urea groups is 1. The minimum atomic E-state index is -0.898. The van der Waals surface area contributed by atoms with E-state index in [9.17, 15) is 9.59 Å². The van der Waals surface area contributed by atoms with E-state index in [4.69, 9.17) is 5.11 Å². The Kier molecular flexibility index (Phi) is 4.37. The van der Waals surface area contributed by atoms with E-state index in [1.165, 1.54) is 35.9 Å². The third kappa shape index (κ3) is 2.74. The first-order valence-electron chi connectivity index (χ1n) is 6.45. The average Bonchev–Trinajstić information content (AvgIpc) is 2.87. The van der Waals surface area contributed by atoms with Crippen LogP contribution in [-0.2, 0) is 4.79 Å². The molecular weight excluding hydrogens is 252 g/mol. The molecule has 1 atom stereocenters. The molecule has 2 aliphatic rings. The third-order valence-electron chi connectivity index (χ3n) is 3.84. The fraction of sp³-hybridized carbons (Fsp3) is 0.833. The van der Waals surface area contributed by atoms with Crippen LogP contribution < -0.4 is 0 Å². The molecule has 2 amide bonds. The highest BCUT2D eigenvalue weighted by atomic mass is 32.2. The van der Waals surface area contributed by atoms with Crippen LogP contribution in [-0.4, -0.2) is 57.7 Å². The summed E-state index contributed by atoms with van der Waals surface area (Å²) in [5, 5.41) is 9.10. The summed E-state index contributed by atoms with van der Waals surface area (Å²) in [4.78, 5) is 26.7. The molecule has 1 aliphatic carbocycles. The zero-order valence-electron chi connectivity index (χ0n) is 10.7. The second kappa shape index (κ2) is 5.82. The van der Waals surface area contributed by atoms with E-state index in [2.05, 4.69) is 0 Å². The first kappa shape index (κ1) is 13.5. The zero-order valence-corrected chi connectivity index (χ0v) is 11.5. The van der Waals surface area contributed by atoms with Crippen LogP contribution in [0.25, 0.3) is 0 Å². The van der Waals surface area contributed by atoms with Gasteiger partial charge in [0.25, 0.3) is 0 Å². The molecule has 0 aromatic carbocycles. The summed E-state index contributed by atoms with van der Waals surface area (Å²) < 4.78 is 0. The van der Waals surface area contributed by atoms with Gasteiger partial charge in [0.1, 0.15) is 6.04 Å². The van der Waals surface area contributed by atoms with Gasteiger partial charge in [0.05, 0.1) is 5.88 Å². The summed E-state index contributed by atoms with van der Waals surface area (Å²) in [7, 11) is 1.81. The predicted molar refractivity (Wildman–Crippen MR) is 70.6 cm³/mol. The quantitative estimate of drug-likeness (QED) is 0.833. The normalized spacial score (nSPS) is 25.2. The molecule has 0 radical (unpaired) electrons. The van der Waals surface area contributed by atoms with E-state index in [0.717, 1.165) is 12.8 Å². The Hall–Kier alpha value is -0.910. The summed E-state index contributed by atoms with van der Waals surface area (Å²) in [6.07, 6.45) is 5.66. The second-order valence-electron chi connectivity index (χ2n) is 5.01. The molecule has 0 aromatic heterocycles. The van der Waals surface area contributed by atoms with Crippen molar-refractivity contribution < 1.29 is 14.7 Å². The number of nitrogens with zero attached hydrogens (tertiary/aromatic N) is 2. The van der Waals surface area contributed by atoms with Crippen LogP contribution in [0.1, 0.15) is 32.1 Å². The van der Waals surface area contributed by atoms with Gasteiger partial charge in [0.2, 0.25) is 0 Å². The Morgan fingerprint density at radius 2 is 1.94 bits per heavy atom. The van der Waals surface area contributed by atoms with Crippen molar-refractivity contribution in [2.45, 2.75) is 44.2 Å². The zero-order chi connectivity index (χ0) is 13.1. The smallest absolute Gasteiger partial charge is 0.327 e. The third-order valence-corrected chi connectivity index (χ3v) is 4.85. The number of hydrogen-bond acceptors (Lipinski definition) is 3. The Morgan fingerprint density at radius 3 is 2.56 bits per heavy atom. The number of carbonyl (C=O) groups is 2. The van der Waals surface area contributed by atoms with E-state index in [-0.39, 0.29) is 12.1 Å². The number of aliphatic carboxylic acids is 1. The summed E-state index contributed by atoms with van der Waals surface area (Å²) in [6.45, 7) is 0. The van der Waals surface area contributed by atoms with Gasteiger partial charge in [-0.25, -0.2) is 9.59 Å². The van der Waals surface area contributed by atoms with E-state index >= 15 is 0 Å². The lowest BCUT2D eigenvalue weighted by molar-refractivity contribution is -0.141. The van der Waals surface area contributed by atoms with E-state index < -0.39 is 12.0 Å². The molecule has 6 heteroatoms. The molecule has 5 nitrogen and oxygen atoms in total. The number of amides is 2. The summed E-state index contributed by atoms with van der Waals surface area (Å²) >= 11 is 1.51. The van der Waals surface area contributed by atoms with Crippen molar-refractivity contribution in [3.63, 3.8) is 0 Å². The summed E-state index contributed by atoms with van der Waals surface area (Å²) in [5.74, 6) is 0.0947. The highest BCUT2D eigenvalue weighted by Gasteiger charge is 2.37. The molecule has 1 aliphatic heterocycles. The number of thioether (sulfide) groups is 1. The number of carbonyl (C=O) groups excluding carboxylic acids is 1. The molecule has 1 heterocycles. The molecule has 1 saturated heterocycles. The van der Waals surface area contributed by atoms with Crippen molar-refractivity contribution >= 4 is 23.8 Å². The minimum absolute atomic E-state index is 0.126. The van der Waals surface area contributed by atoms with Crippen molar-refractivity contribution in [2.75, 3.05) is 18.7 Å². The lowest BCUT2D eigenvalue weighted by Crippen LogP contribution is -2.50. The van der Waals surface area contributed by atoms with Crippen LogP contribution in [0.2, 0.25) is 0 Å². The van der Waals surface area contributed by atoms with Crippen LogP contribution in [0.4, 0.5) is 4.79 Å². The van der Waals surface area contributed by atoms with E-state index in [0.29, 0.717) is 11.6 Å². The summed E-state index contributed by atoms with van der Waals surface area (Å²) in [5.41, 5.74) is 0. The van der Waals surface area contributed by atoms with Crippen molar-refractivity contribution in [1.29, 1.82) is 0 Å². The largest absolute Gasteiger partial charge is 0.480 e. The Bertz CT molecular complexity index is 331. The van der Waals surface area contributed by atoms with Crippen molar-refractivity contribution in [3.8, 4) is 0 Å². The maximum atomic E-state index is 12.3. The predicted octanol–water partition coefficient (Wildman–Crippen LogP) is 1.83. The number of carboxylic acids is 1. The maximum Gasteiger partial charge on any atom is 0.327 e. The molecule has 0 bridgehead atoms. The van der Waals surface area contributed by atoms with Gasteiger partial charge in [-0.3, -0.25) is 0 Å². The standard InChI is InChI=1S/C12H20N2O3S/c1-13(9-5-3-2-4-6-9)12(17)14-8-18-7-10(14)11(15)16/h9-10H,2-8H2,1H3,(H,15,16)/t10-/m0/s1. The fourth-order valence-corrected chi connectivity index (χ4v) is 3.80. The molecular formula is C12H20N2O3S. The highest BCUT2D eigenvalue weighted by molar-refractivity contribution is 7.99. The van der Waals surface area contributed by atoms with Crippen LogP contribution in [0.15, 0.2) is 0 Å². The maximum absolute atomic E-state index is 12.3. The van der Waals surface area contributed by atoms with E-state index in [1.807, 2.05) is 0 Å². The van der Waals surface area contributed by atoms with Crippen molar-refractivity contribution in [1.82, 2.24) is 9.80 Å². The monoisotopic (exact) mass is 272 g/mol. The van der Waals surface area contributed by atoms with Gasteiger partial charge < -0.3 is 14.9 Å². The number of carboxylic acid groups (broad SMARTS) is 1. The molecule has 2 fully saturated rings. The second-order valence-corrected chi connectivity index (χ2v) is 6.01. The number of hydrogen-bond donors (Lipinski definition) is 1. The molecule has 1 saturated carbocycles. The molecule has 0 aromatic rings. The van der Waals surface area contributed by atoms with Crippen LogP contribution >= 0.6 is 11.8 Å². The number of rotatable bonds is 2. The first-order chi connectivity index (χ1) is 8.61. The SMILES string of the molecule is CN(C(=O)N1CSC[C@H]1C(=O)O)C1CCCCC1. The van der Waals surface area contributed by atoms with Gasteiger partial charge >= 0.3 is 12.0 Å². The van der Waals surface area contributed by atoms with Crippen molar-refractivity contribution in [2.24, 2.45) is 0 Å². The van der Waals surface area contributed by atoms with Gasteiger partial charge in [-0.05, 0) is 12.8 Å². The van der Waals surface area contributed by atoms with E-state index in [1.54, 1.807) is 11.9 Å². The van der Waals surface area contributed by atoms with Crippen LogP contribution in [0.3, 0.4) is 0 Å². The molecule has 0 spiro atoms. The average molecular weight is 272 g/mol. The van der Waals surface area contributed by atoms with Gasteiger partial charge in [0.15, 0.2) is 0 Å².